The van der Waals surface area contributed by atoms with Gasteiger partial charge >= 0.3 is 0 Å². The molecule has 2 heteroatoms. The largest absolute Gasteiger partial charge is 0.0843 e. The smallest absolute Gasteiger partial charge is 0.0423 e. The standard InChI is InChI=1S/C18H12BrCl/c19-17-10-16(11-18(20)12-17)15-8-4-7-14(9-15)13-5-2-1-3-6-13/h1-12H. The molecule has 20 heavy (non-hydrogen) atoms. The first-order chi connectivity index (χ1) is 9.72. The van der Waals surface area contributed by atoms with Gasteiger partial charge in [-0.1, -0.05) is 76.1 Å². The number of hydrogen-bond acceptors (Lipinski definition) is 0. The molecule has 0 N–H and O–H groups in total. The molecule has 0 fully saturated rings. The average Bonchev–Trinajstić information content (AvgIpc) is 2.47. The van der Waals surface area contributed by atoms with Gasteiger partial charge in [0.1, 0.15) is 0 Å². The Labute approximate surface area is 132 Å². The van der Waals surface area contributed by atoms with E-state index in [2.05, 4.69) is 70.5 Å². The van der Waals surface area contributed by atoms with Crippen molar-refractivity contribution in [2.75, 3.05) is 0 Å². The lowest BCUT2D eigenvalue weighted by Gasteiger charge is -2.07. The van der Waals surface area contributed by atoms with E-state index in [-0.39, 0.29) is 0 Å². The molecule has 0 bridgehead atoms. The minimum atomic E-state index is 0.736. The summed E-state index contributed by atoms with van der Waals surface area (Å²) in [5, 5.41) is 0.736. The summed E-state index contributed by atoms with van der Waals surface area (Å²) in [7, 11) is 0. The van der Waals surface area contributed by atoms with Crippen LogP contribution in [0.3, 0.4) is 0 Å². The summed E-state index contributed by atoms with van der Waals surface area (Å²) in [5.74, 6) is 0. The number of hydrogen-bond donors (Lipinski definition) is 0. The maximum Gasteiger partial charge on any atom is 0.0423 e. The van der Waals surface area contributed by atoms with Gasteiger partial charge in [0.15, 0.2) is 0 Å². The summed E-state index contributed by atoms with van der Waals surface area (Å²) < 4.78 is 0.991. The van der Waals surface area contributed by atoms with Gasteiger partial charge in [0.2, 0.25) is 0 Å². The van der Waals surface area contributed by atoms with Crippen molar-refractivity contribution in [2.24, 2.45) is 0 Å². The molecule has 0 saturated carbocycles. The fraction of sp³-hybridized carbons (Fsp3) is 0. The minimum absolute atomic E-state index is 0.736. The van der Waals surface area contributed by atoms with Crippen LogP contribution < -0.4 is 0 Å². The van der Waals surface area contributed by atoms with Gasteiger partial charge in [0.25, 0.3) is 0 Å². The van der Waals surface area contributed by atoms with Gasteiger partial charge in [-0.25, -0.2) is 0 Å². The van der Waals surface area contributed by atoms with Crippen molar-refractivity contribution in [2.45, 2.75) is 0 Å². The molecule has 0 amide bonds. The third-order valence-corrected chi connectivity index (χ3v) is 3.84. The second-order valence-electron chi connectivity index (χ2n) is 4.60. The van der Waals surface area contributed by atoms with E-state index in [0.29, 0.717) is 0 Å². The topological polar surface area (TPSA) is 0 Å². The SMILES string of the molecule is Clc1cc(Br)cc(-c2cccc(-c3ccccc3)c2)c1. The molecule has 0 aromatic heterocycles. The van der Waals surface area contributed by atoms with E-state index in [1.54, 1.807) is 0 Å². The van der Waals surface area contributed by atoms with Gasteiger partial charge in [-0.05, 0) is 46.5 Å². The molecular formula is C18H12BrCl. The summed E-state index contributed by atoms with van der Waals surface area (Å²) in [6, 6.07) is 24.8. The summed E-state index contributed by atoms with van der Waals surface area (Å²) in [4.78, 5) is 0. The normalized spacial score (nSPS) is 10.5. The van der Waals surface area contributed by atoms with Crippen molar-refractivity contribution in [3.8, 4) is 22.3 Å². The van der Waals surface area contributed by atoms with Crippen LogP contribution in [0.2, 0.25) is 5.02 Å². The highest BCUT2D eigenvalue weighted by Crippen LogP contribution is 2.30. The van der Waals surface area contributed by atoms with Gasteiger partial charge in [-0.15, -0.1) is 0 Å². The Hall–Kier alpha value is -1.57. The van der Waals surface area contributed by atoms with Gasteiger partial charge in [-0.2, -0.15) is 0 Å². The first kappa shape index (κ1) is 13.4. The van der Waals surface area contributed by atoms with Crippen molar-refractivity contribution >= 4 is 27.5 Å². The van der Waals surface area contributed by atoms with Gasteiger partial charge < -0.3 is 0 Å². The lowest BCUT2D eigenvalue weighted by molar-refractivity contribution is 1.57. The van der Waals surface area contributed by atoms with Crippen molar-refractivity contribution < 1.29 is 0 Å². The number of halogens is 2. The average molecular weight is 344 g/mol. The van der Waals surface area contributed by atoms with Gasteiger partial charge in [0, 0.05) is 9.50 Å². The van der Waals surface area contributed by atoms with E-state index < -0.39 is 0 Å². The Morgan fingerprint density at radius 3 is 1.95 bits per heavy atom. The van der Waals surface area contributed by atoms with E-state index >= 15 is 0 Å². The molecular weight excluding hydrogens is 332 g/mol. The monoisotopic (exact) mass is 342 g/mol. The molecule has 0 unspecified atom stereocenters. The number of benzene rings is 3. The van der Waals surface area contributed by atoms with Crippen molar-refractivity contribution in [3.05, 3.63) is 82.3 Å². The van der Waals surface area contributed by atoms with Crippen molar-refractivity contribution in [3.63, 3.8) is 0 Å². The van der Waals surface area contributed by atoms with E-state index in [9.17, 15) is 0 Å². The Morgan fingerprint density at radius 1 is 0.600 bits per heavy atom. The van der Waals surface area contributed by atoms with Crippen LogP contribution in [-0.4, -0.2) is 0 Å². The second kappa shape index (κ2) is 5.82. The molecule has 3 rings (SSSR count). The molecule has 0 nitrogen and oxygen atoms in total. The lowest BCUT2D eigenvalue weighted by atomic mass is 9.99. The molecule has 0 heterocycles. The van der Waals surface area contributed by atoms with E-state index in [1.807, 2.05) is 18.2 Å². The zero-order valence-electron chi connectivity index (χ0n) is 10.7. The fourth-order valence-corrected chi connectivity index (χ4v) is 3.09. The van der Waals surface area contributed by atoms with Crippen LogP contribution in [0.5, 0.6) is 0 Å². The summed E-state index contributed by atoms with van der Waals surface area (Å²) in [6.45, 7) is 0. The quantitative estimate of drug-likeness (QED) is 0.502. The highest BCUT2D eigenvalue weighted by atomic mass is 79.9. The van der Waals surface area contributed by atoms with Crippen LogP contribution in [0.25, 0.3) is 22.3 Å². The van der Waals surface area contributed by atoms with E-state index in [1.165, 1.54) is 11.1 Å². The lowest BCUT2D eigenvalue weighted by Crippen LogP contribution is -1.82. The third-order valence-electron chi connectivity index (χ3n) is 3.17. The minimum Gasteiger partial charge on any atom is -0.0843 e. The van der Waals surface area contributed by atoms with Gasteiger partial charge in [0.05, 0.1) is 0 Å². The van der Waals surface area contributed by atoms with Crippen LogP contribution in [0, 0.1) is 0 Å². The predicted molar refractivity (Wildman–Crippen MR) is 90.0 cm³/mol. The molecule has 0 atom stereocenters. The predicted octanol–water partition coefficient (Wildman–Crippen LogP) is 6.44. The molecule has 0 aliphatic heterocycles. The van der Waals surface area contributed by atoms with Crippen molar-refractivity contribution in [1.29, 1.82) is 0 Å². The Bertz CT molecular complexity index is 715. The molecule has 0 saturated heterocycles. The van der Waals surface area contributed by atoms with Crippen LogP contribution in [0.4, 0.5) is 0 Å². The fourth-order valence-electron chi connectivity index (χ4n) is 2.23. The first-order valence-corrected chi connectivity index (χ1v) is 7.51. The maximum atomic E-state index is 6.13. The molecule has 0 aliphatic rings. The summed E-state index contributed by atoms with van der Waals surface area (Å²) >= 11 is 9.62. The third kappa shape index (κ3) is 2.95. The molecule has 0 spiro atoms. The zero-order chi connectivity index (χ0) is 13.9. The summed E-state index contributed by atoms with van der Waals surface area (Å²) in [5.41, 5.74) is 4.70. The molecule has 0 radical (unpaired) electrons. The van der Waals surface area contributed by atoms with E-state index in [0.717, 1.165) is 20.6 Å². The maximum absolute atomic E-state index is 6.13. The number of rotatable bonds is 2. The first-order valence-electron chi connectivity index (χ1n) is 6.34. The van der Waals surface area contributed by atoms with Crippen LogP contribution in [0.15, 0.2) is 77.3 Å². The van der Waals surface area contributed by atoms with Crippen LogP contribution in [0.1, 0.15) is 0 Å². The van der Waals surface area contributed by atoms with Crippen LogP contribution >= 0.6 is 27.5 Å². The highest BCUT2D eigenvalue weighted by Gasteiger charge is 2.03. The Morgan fingerprint density at radius 2 is 1.25 bits per heavy atom. The van der Waals surface area contributed by atoms with E-state index in [4.69, 9.17) is 11.6 Å². The molecule has 3 aromatic carbocycles. The van der Waals surface area contributed by atoms with Crippen LogP contribution in [-0.2, 0) is 0 Å². The summed E-state index contributed by atoms with van der Waals surface area (Å²) in [6.07, 6.45) is 0. The van der Waals surface area contributed by atoms with Gasteiger partial charge in [-0.3, -0.25) is 0 Å². The second-order valence-corrected chi connectivity index (χ2v) is 5.96. The Kier molecular flexibility index (Phi) is 3.90. The zero-order valence-corrected chi connectivity index (χ0v) is 13.0. The Balaban J connectivity index is 2.07. The highest BCUT2D eigenvalue weighted by molar-refractivity contribution is 9.10. The molecule has 3 aromatic rings. The van der Waals surface area contributed by atoms with Crippen molar-refractivity contribution in [1.82, 2.24) is 0 Å². The molecule has 98 valence electrons. The molecule has 0 aliphatic carbocycles.